The summed E-state index contributed by atoms with van der Waals surface area (Å²) >= 11 is 0. The molecule has 1 saturated heterocycles. The fourth-order valence-electron chi connectivity index (χ4n) is 4.60. The Balaban J connectivity index is 1.74. The van der Waals surface area contributed by atoms with Crippen molar-refractivity contribution in [3.05, 3.63) is 29.3 Å². The van der Waals surface area contributed by atoms with Crippen molar-refractivity contribution < 1.29 is 23.9 Å². The van der Waals surface area contributed by atoms with Gasteiger partial charge in [0.05, 0.1) is 19.2 Å². The van der Waals surface area contributed by atoms with Gasteiger partial charge in [0.2, 0.25) is 11.8 Å². The second-order valence-electron chi connectivity index (χ2n) is 9.26. The van der Waals surface area contributed by atoms with Crippen LogP contribution in [0, 0.1) is 11.3 Å². The van der Waals surface area contributed by atoms with Crippen molar-refractivity contribution >= 4 is 35.2 Å². The van der Waals surface area contributed by atoms with Crippen molar-refractivity contribution in [1.82, 2.24) is 10.2 Å². The summed E-state index contributed by atoms with van der Waals surface area (Å²) in [6, 6.07) is 4.89. The van der Waals surface area contributed by atoms with E-state index in [0.717, 1.165) is 12.8 Å². The number of rotatable bonds is 4. The Morgan fingerprint density at radius 2 is 1.91 bits per heavy atom. The molecule has 1 unspecified atom stereocenters. The first kappa shape index (κ1) is 26.2. The Morgan fingerprint density at radius 3 is 2.60 bits per heavy atom. The van der Waals surface area contributed by atoms with Crippen molar-refractivity contribution in [3.8, 4) is 0 Å². The number of fused-ring (bicyclic) bond motifs is 1. The molecular formula is C25H35N5O5. The lowest BCUT2D eigenvalue weighted by Crippen LogP contribution is -2.49. The number of amides is 2. The van der Waals surface area contributed by atoms with Crippen LogP contribution >= 0.6 is 0 Å². The molecule has 5 N–H and O–H groups in total. The number of ether oxygens (including phenoxy) is 1. The van der Waals surface area contributed by atoms with Crippen LogP contribution in [0.4, 0.5) is 5.69 Å². The monoisotopic (exact) mass is 485 g/mol. The summed E-state index contributed by atoms with van der Waals surface area (Å²) in [5, 5.41) is 13.5. The number of nitrogens with two attached hydrogens (primary N) is 1. The molecule has 10 heteroatoms. The number of esters is 1. The van der Waals surface area contributed by atoms with Gasteiger partial charge >= 0.3 is 5.97 Å². The zero-order valence-electron chi connectivity index (χ0n) is 20.2. The molecule has 3 rings (SSSR count). The van der Waals surface area contributed by atoms with Crippen molar-refractivity contribution in [2.45, 2.75) is 63.8 Å². The van der Waals surface area contributed by atoms with E-state index < -0.39 is 11.9 Å². The lowest BCUT2D eigenvalue weighted by molar-refractivity contribution is -0.139. The number of hydrogen-bond donors (Lipinski definition) is 4. The number of carbonyl (C=O) groups excluding carboxylic acids is 4. The molecule has 1 aromatic rings. The fourth-order valence-corrected chi connectivity index (χ4v) is 4.60. The van der Waals surface area contributed by atoms with Crippen LogP contribution in [0.1, 0.15) is 67.3 Å². The molecule has 1 fully saturated rings. The van der Waals surface area contributed by atoms with E-state index in [1.807, 2.05) is 0 Å². The van der Waals surface area contributed by atoms with E-state index in [-0.39, 0.29) is 42.4 Å². The average Bonchev–Trinajstić information content (AvgIpc) is 2.82. The lowest BCUT2D eigenvalue weighted by Gasteiger charge is -2.33. The largest absolute Gasteiger partial charge is 0.469 e. The molecule has 0 radical (unpaired) electrons. The highest BCUT2D eigenvalue weighted by atomic mass is 16.5. The lowest BCUT2D eigenvalue weighted by atomic mass is 9.90. The molecule has 1 atom stereocenters. The van der Waals surface area contributed by atoms with Crippen LogP contribution < -0.4 is 16.4 Å². The summed E-state index contributed by atoms with van der Waals surface area (Å²) in [6.45, 7) is 1.23. The highest BCUT2D eigenvalue weighted by molar-refractivity contribution is 6.06. The van der Waals surface area contributed by atoms with Crippen LogP contribution in [-0.4, -0.2) is 60.7 Å². The number of Topliss-reactive ketones (excluding diaryl/α,β-unsaturated/α-hetero) is 1. The topological polar surface area (TPSA) is 155 Å². The minimum atomic E-state index is -0.467. The second-order valence-corrected chi connectivity index (χ2v) is 9.26. The summed E-state index contributed by atoms with van der Waals surface area (Å²) < 4.78 is 4.72. The number of piperidine rings is 1. The van der Waals surface area contributed by atoms with Crippen molar-refractivity contribution in [1.29, 1.82) is 5.41 Å². The van der Waals surface area contributed by atoms with E-state index in [1.54, 1.807) is 23.1 Å². The summed E-state index contributed by atoms with van der Waals surface area (Å²) in [6.07, 6.45) is 4.59. The van der Waals surface area contributed by atoms with Crippen molar-refractivity contribution in [3.63, 3.8) is 0 Å². The molecule has 0 saturated carbocycles. The fraction of sp³-hybridized carbons (Fsp3) is 0.560. The third-order valence-electron chi connectivity index (χ3n) is 6.68. The molecule has 190 valence electrons. The van der Waals surface area contributed by atoms with Crippen LogP contribution in [0.25, 0.3) is 0 Å². The second kappa shape index (κ2) is 12.3. The van der Waals surface area contributed by atoms with E-state index in [0.29, 0.717) is 62.0 Å². The molecule has 2 amide bonds. The minimum absolute atomic E-state index is 0.0120. The van der Waals surface area contributed by atoms with Crippen LogP contribution in [0.15, 0.2) is 18.2 Å². The highest BCUT2D eigenvalue weighted by Crippen LogP contribution is 2.26. The molecule has 0 aliphatic carbocycles. The van der Waals surface area contributed by atoms with E-state index >= 15 is 0 Å². The van der Waals surface area contributed by atoms with E-state index in [2.05, 4.69) is 10.6 Å². The molecule has 1 aromatic carbocycles. The first-order chi connectivity index (χ1) is 16.8. The zero-order valence-corrected chi connectivity index (χ0v) is 20.2. The predicted octanol–water partition coefficient (Wildman–Crippen LogP) is 1.97. The number of guanidine groups is 1. The smallest absolute Gasteiger partial charge is 0.309 e. The summed E-state index contributed by atoms with van der Waals surface area (Å²) in [4.78, 5) is 52.3. The van der Waals surface area contributed by atoms with Gasteiger partial charge < -0.3 is 26.0 Å². The van der Waals surface area contributed by atoms with Gasteiger partial charge in [-0.3, -0.25) is 24.6 Å². The number of methoxy groups -OCH3 is 1. The number of carbonyl (C=O) groups is 4. The number of nitrogens with zero attached hydrogens (tertiary/aromatic N) is 1. The van der Waals surface area contributed by atoms with Gasteiger partial charge in [-0.2, -0.15) is 0 Å². The normalized spacial score (nSPS) is 20.0. The van der Waals surface area contributed by atoms with E-state index in [4.69, 9.17) is 15.9 Å². The Morgan fingerprint density at radius 1 is 1.17 bits per heavy atom. The van der Waals surface area contributed by atoms with Gasteiger partial charge in [-0.25, -0.2) is 0 Å². The third-order valence-corrected chi connectivity index (χ3v) is 6.68. The number of benzene rings is 1. The molecule has 2 heterocycles. The maximum absolute atomic E-state index is 13.3. The van der Waals surface area contributed by atoms with Gasteiger partial charge in [0.1, 0.15) is 0 Å². The standard InChI is InChI=1S/C25H35N5O5/c1-35-23(33)14-16-7-8-19-20(13-16)29-22(32)6-4-2-3-5-17(15-21(19)31)24(34)28-18-9-11-30(12-10-18)25(26)27/h7-8,13,17-18H,2-6,9-12,14-15H2,1H3,(H3,26,27)(H,28,34)(H,29,32). The van der Waals surface area contributed by atoms with Crippen molar-refractivity contribution in [2.75, 3.05) is 25.5 Å². The first-order valence-corrected chi connectivity index (χ1v) is 12.2. The molecule has 2 aliphatic rings. The Bertz CT molecular complexity index is 971. The Kier molecular flexibility index (Phi) is 9.22. The van der Waals surface area contributed by atoms with Crippen LogP contribution in [-0.2, 0) is 25.5 Å². The van der Waals surface area contributed by atoms with Gasteiger partial charge in [-0.05, 0) is 43.4 Å². The van der Waals surface area contributed by atoms with Gasteiger partial charge in [-0.15, -0.1) is 0 Å². The van der Waals surface area contributed by atoms with E-state index in [9.17, 15) is 19.2 Å². The molecule has 2 aliphatic heterocycles. The van der Waals surface area contributed by atoms with Crippen LogP contribution in [0.5, 0.6) is 0 Å². The number of hydrogen-bond acceptors (Lipinski definition) is 6. The van der Waals surface area contributed by atoms with E-state index in [1.165, 1.54) is 7.11 Å². The Labute approximate surface area is 205 Å². The van der Waals surface area contributed by atoms with Gasteiger partial charge in [0.25, 0.3) is 0 Å². The molecule has 0 aromatic heterocycles. The minimum Gasteiger partial charge on any atom is -0.469 e. The predicted molar refractivity (Wildman–Crippen MR) is 131 cm³/mol. The summed E-state index contributed by atoms with van der Waals surface area (Å²) in [7, 11) is 1.30. The highest BCUT2D eigenvalue weighted by Gasteiger charge is 2.28. The number of ketones is 1. The number of anilines is 1. The van der Waals surface area contributed by atoms with Crippen molar-refractivity contribution in [2.24, 2.45) is 11.7 Å². The summed E-state index contributed by atoms with van der Waals surface area (Å²) in [5.74, 6) is -1.38. The zero-order chi connectivity index (χ0) is 25.4. The van der Waals surface area contributed by atoms with Gasteiger partial charge in [0, 0.05) is 43.5 Å². The maximum atomic E-state index is 13.3. The van der Waals surface area contributed by atoms with Gasteiger partial charge in [-0.1, -0.05) is 18.9 Å². The molecular weight excluding hydrogens is 450 g/mol. The third kappa shape index (κ3) is 7.53. The quantitative estimate of drug-likeness (QED) is 0.289. The summed E-state index contributed by atoms with van der Waals surface area (Å²) in [5.41, 5.74) is 6.87. The molecule has 0 bridgehead atoms. The maximum Gasteiger partial charge on any atom is 0.309 e. The van der Waals surface area contributed by atoms with Gasteiger partial charge in [0.15, 0.2) is 11.7 Å². The van der Waals surface area contributed by atoms with Crippen LogP contribution in [0.3, 0.4) is 0 Å². The molecule has 10 nitrogen and oxygen atoms in total. The average molecular weight is 486 g/mol. The first-order valence-electron chi connectivity index (χ1n) is 12.2. The Hall–Kier alpha value is -3.43. The molecule has 0 spiro atoms. The number of likely N-dealkylation sites (tertiary alicyclic amines) is 1. The SMILES string of the molecule is COC(=O)Cc1ccc2c(c1)NC(=O)CCCCCC(C(=O)NC1CCN(C(=N)N)CC1)CC2=O. The molecule has 35 heavy (non-hydrogen) atoms. The number of nitrogens with one attached hydrogen (secondary N) is 3. The van der Waals surface area contributed by atoms with Crippen LogP contribution in [0.2, 0.25) is 0 Å².